The zero-order valence-electron chi connectivity index (χ0n) is 13.2. The molecule has 0 bridgehead atoms. The van der Waals surface area contributed by atoms with Gasteiger partial charge in [0, 0.05) is 5.75 Å². The van der Waals surface area contributed by atoms with Crippen LogP contribution in [0.5, 0.6) is 5.75 Å². The molecule has 1 atom stereocenters. The third-order valence-corrected chi connectivity index (χ3v) is 4.25. The van der Waals surface area contributed by atoms with Crippen molar-refractivity contribution in [2.75, 3.05) is 12.4 Å². The lowest BCUT2D eigenvalue weighted by molar-refractivity contribution is 0.126. The van der Waals surface area contributed by atoms with Crippen molar-refractivity contribution in [2.45, 2.75) is 24.7 Å². The van der Waals surface area contributed by atoms with E-state index in [1.807, 2.05) is 24.3 Å². The molecule has 0 amide bonds. The van der Waals surface area contributed by atoms with Gasteiger partial charge in [-0.2, -0.15) is 0 Å². The molecule has 1 aromatic carbocycles. The average Bonchev–Trinajstić information content (AvgIpc) is 3.29. The SMILES string of the molecule is CCc1cccc(OC[C@H](O)CSc2nnc(-c3ccco3)o2)c1. The van der Waals surface area contributed by atoms with Gasteiger partial charge in [0.05, 0.1) is 12.4 Å². The Bertz CT molecular complexity index is 758. The van der Waals surface area contributed by atoms with Crippen LogP contribution in [0.25, 0.3) is 11.7 Å². The maximum Gasteiger partial charge on any atom is 0.284 e. The van der Waals surface area contributed by atoms with Crippen molar-refractivity contribution in [3.8, 4) is 17.4 Å². The number of ether oxygens (including phenoxy) is 1. The number of thioether (sulfide) groups is 1. The summed E-state index contributed by atoms with van der Waals surface area (Å²) in [5.41, 5.74) is 1.20. The maximum atomic E-state index is 10.0. The molecule has 2 heterocycles. The summed E-state index contributed by atoms with van der Waals surface area (Å²) >= 11 is 1.28. The summed E-state index contributed by atoms with van der Waals surface area (Å²) in [6, 6.07) is 11.4. The van der Waals surface area contributed by atoms with Gasteiger partial charge in [-0.3, -0.25) is 0 Å². The summed E-state index contributed by atoms with van der Waals surface area (Å²) in [5.74, 6) is 2.00. The maximum absolute atomic E-state index is 10.0. The van der Waals surface area contributed by atoms with Crippen molar-refractivity contribution in [2.24, 2.45) is 0 Å². The molecule has 0 saturated heterocycles. The fourth-order valence-electron chi connectivity index (χ4n) is 2.03. The molecule has 0 aliphatic rings. The molecule has 24 heavy (non-hydrogen) atoms. The minimum Gasteiger partial charge on any atom is -0.491 e. The lowest BCUT2D eigenvalue weighted by atomic mass is 10.2. The van der Waals surface area contributed by atoms with E-state index in [1.165, 1.54) is 17.3 Å². The molecular formula is C17H18N2O4S. The van der Waals surface area contributed by atoms with E-state index in [0.29, 0.717) is 22.6 Å². The molecule has 0 unspecified atom stereocenters. The van der Waals surface area contributed by atoms with E-state index in [2.05, 4.69) is 17.1 Å². The standard InChI is InChI=1S/C17H18N2O4S/c1-2-12-5-3-6-14(9-12)22-10-13(20)11-24-17-19-18-16(23-17)15-7-4-8-21-15/h3-9,13,20H,2,10-11H2,1H3/t13-/m0/s1. The van der Waals surface area contributed by atoms with Crippen LogP contribution in [0.15, 0.2) is 56.7 Å². The van der Waals surface area contributed by atoms with E-state index in [4.69, 9.17) is 13.6 Å². The summed E-state index contributed by atoms with van der Waals surface area (Å²) in [4.78, 5) is 0. The molecule has 6 nitrogen and oxygen atoms in total. The number of hydrogen-bond donors (Lipinski definition) is 1. The lowest BCUT2D eigenvalue weighted by Gasteiger charge is -2.11. The van der Waals surface area contributed by atoms with Crippen LogP contribution in [-0.2, 0) is 6.42 Å². The van der Waals surface area contributed by atoms with Crippen molar-refractivity contribution in [3.63, 3.8) is 0 Å². The van der Waals surface area contributed by atoms with E-state index in [0.717, 1.165) is 12.2 Å². The molecule has 3 rings (SSSR count). The number of rotatable bonds is 8. The van der Waals surface area contributed by atoms with Crippen molar-refractivity contribution >= 4 is 11.8 Å². The molecule has 0 fully saturated rings. The molecule has 0 saturated carbocycles. The highest BCUT2D eigenvalue weighted by Gasteiger charge is 2.13. The smallest absolute Gasteiger partial charge is 0.284 e. The van der Waals surface area contributed by atoms with Crippen molar-refractivity contribution in [1.29, 1.82) is 0 Å². The highest BCUT2D eigenvalue weighted by molar-refractivity contribution is 7.99. The third-order valence-electron chi connectivity index (χ3n) is 3.29. The average molecular weight is 346 g/mol. The Morgan fingerprint density at radius 1 is 1.25 bits per heavy atom. The van der Waals surface area contributed by atoms with Gasteiger partial charge < -0.3 is 18.7 Å². The summed E-state index contributed by atoms with van der Waals surface area (Å²) in [6.07, 6.45) is 1.85. The third kappa shape index (κ3) is 4.39. The zero-order valence-corrected chi connectivity index (χ0v) is 14.0. The normalized spacial score (nSPS) is 12.2. The van der Waals surface area contributed by atoms with Crippen LogP contribution in [0.1, 0.15) is 12.5 Å². The Kier molecular flexibility index (Phi) is 5.55. The minimum absolute atomic E-state index is 0.208. The Balaban J connectivity index is 1.46. The number of furan rings is 1. The zero-order chi connectivity index (χ0) is 16.8. The predicted octanol–water partition coefficient (Wildman–Crippen LogP) is 3.42. The second kappa shape index (κ2) is 8.03. The van der Waals surface area contributed by atoms with Gasteiger partial charge in [0.15, 0.2) is 5.76 Å². The molecule has 0 aliphatic carbocycles. The van der Waals surface area contributed by atoms with Gasteiger partial charge in [-0.1, -0.05) is 30.8 Å². The molecule has 0 radical (unpaired) electrons. The Morgan fingerprint density at radius 3 is 2.96 bits per heavy atom. The number of benzene rings is 1. The van der Waals surface area contributed by atoms with Gasteiger partial charge in [0.2, 0.25) is 0 Å². The largest absolute Gasteiger partial charge is 0.491 e. The van der Waals surface area contributed by atoms with Crippen LogP contribution in [0.3, 0.4) is 0 Å². The molecule has 7 heteroatoms. The number of hydrogen-bond acceptors (Lipinski definition) is 7. The second-order valence-corrected chi connectivity index (χ2v) is 6.10. The van der Waals surface area contributed by atoms with Crippen molar-refractivity contribution in [3.05, 3.63) is 48.2 Å². The van der Waals surface area contributed by atoms with Crippen LogP contribution in [0, 0.1) is 0 Å². The Hall–Kier alpha value is -2.25. The van der Waals surface area contributed by atoms with Crippen LogP contribution >= 0.6 is 11.8 Å². The summed E-state index contributed by atoms with van der Waals surface area (Å²) < 4.78 is 16.3. The molecule has 3 aromatic rings. The van der Waals surface area contributed by atoms with Gasteiger partial charge in [-0.15, -0.1) is 10.2 Å². The topological polar surface area (TPSA) is 81.5 Å². The number of aromatic nitrogens is 2. The lowest BCUT2D eigenvalue weighted by Crippen LogP contribution is -2.20. The van der Waals surface area contributed by atoms with Gasteiger partial charge in [-0.25, -0.2) is 0 Å². The number of nitrogens with zero attached hydrogens (tertiary/aromatic N) is 2. The Labute approximate surface area is 143 Å². The fraction of sp³-hybridized carbons (Fsp3) is 0.294. The Morgan fingerprint density at radius 2 is 2.17 bits per heavy atom. The molecule has 126 valence electrons. The minimum atomic E-state index is -0.640. The first-order valence-electron chi connectivity index (χ1n) is 7.64. The number of aliphatic hydroxyl groups excluding tert-OH is 1. The van der Waals surface area contributed by atoms with Crippen molar-refractivity contribution in [1.82, 2.24) is 10.2 Å². The molecule has 0 aliphatic heterocycles. The number of aryl methyl sites for hydroxylation is 1. The van der Waals surface area contributed by atoms with Crippen LogP contribution in [0.2, 0.25) is 0 Å². The van der Waals surface area contributed by atoms with Crippen LogP contribution in [0.4, 0.5) is 0 Å². The summed E-state index contributed by atoms with van der Waals surface area (Å²) in [7, 11) is 0. The molecule has 2 aromatic heterocycles. The van der Waals surface area contributed by atoms with Gasteiger partial charge >= 0.3 is 0 Å². The van der Waals surface area contributed by atoms with E-state index in [9.17, 15) is 5.11 Å². The highest BCUT2D eigenvalue weighted by atomic mass is 32.2. The highest BCUT2D eigenvalue weighted by Crippen LogP contribution is 2.24. The first-order valence-corrected chi connectivity index (χ1v) is 8.63. The summed E-state index contributed by atoms with van der Waals surface area (Å²) in [6.45, 7) is 2.30. The fourth-order valence-corrected chi connectivity index (χ4v) is 2.70. The number of aliphatic hydroxyl groups is 1. The molecule has 0 spiro atoms. The van der Waals surface area contributed by atoms with Crippen LogP contribution < -0.4 is 4.74 Å². The molecule has 1 N–H and O–H groups in total. The first kappa shape index (κ1) is 16.6. The van der Waals surface area contributed by atoms with Gasteiger partial charge in [-0.05, 0) is 36.2 Å². The van der Waals surface area contributed by atoms with Gasteiger partial charge in [0.1, 0.15) is 12.4 Å². The first-order chi connectivity index (χ1) is 11.7. The quantitative estimate of drug-likeness (QED) is 0.626. The second-order valence-electron chi connectivity index (χ2n) is 5.13. The van der Waals surface area contributed by atoms with Crippen LogP contribution in [-0.4, -0.2) is 33.8 Å². The monoisotopic (exact) mass is 346 g/mol. The van der Waals surface area contributed by atoms with Crippen molar-refractivity contribution < 1.29 is 18.7 Å². The van der Waals surface area contributed by atoms with E-state index in [-0.39, 0.29) is 6.61 Å². The van der Waals surface area contributed by atoms with Gasteiger partial charge in [0.25, 0.3) is 11.1 Å². The van der Waals surface area contributed by atoms with E-state index in [1.54, 1.807) is 18.4 Å². The summed E-state index contributed by atoms with van der Waals surface area (Å²) in [5, 5.41) is 18.2. The molecular weight excluding hydrogens is 328 g/mol. The van der Waals surface area contributed by atoms with E-state index < -0.39 is 6.10 Å². The van der Waals surface area contributed by atoms with E-state index >= 15 is 0 Å². The predicted molar refractivity (Wildman–Crippen MR) is 90.0 cm³/mol.